The number of sulfonamides is 1. The van der Waals surface area contributed by atoms with Crippen molar-refractivity contribution in [2.45, 2.75) is 19.1 Å². The van der Waals surface area contributed by atoms with Gasteiger partial charge >= 0.3 is 11.9 Å². The molecule has 200 valence electrons. The van der Waals surface area contributed by atoms with E-state index in [1.165, 1.54) is 26.4 Å². The first kappa shape index (κ1) is 28.2. The molecule has 0 bridgehead atoms. The van der Waals surface area contributed by atoms with Gasteiger partial charge in [0.1, 0.15) is 18.0 Å². The van der Waals surface area contributed by atoms with Crippen LogP contribution < -0.4 is 14.8 Å². The van der Waals surface area contributed by atoms with Gasteiger partial charge in [-0.25, -0.2) is 13.2 Å². The highest BCUT2D eigenvalue weighted by Gasteiger charge is 2.21. The molecule has 1 amide bonds. The number of benzene rings is 3. The fourth-order valence-corrected chi connectivity index (χ4v) is 4.80. The lowest BCUT2D eigenvalue weighted by atomic mass is 10.1. The minimum atomic E-state index is -4.06. The maximum absolute atomic E-state index is 13.2. The van der Waals surface area contributed by atoms with Crippen molar-refractivity contribution >= 4 is 33.6 Å². The SMILES string of the molecule is COC(=O)CNC(=O)Cc1cc(C)ccc1NS(=O)(=O)Cc1cc(Oc2ccccc2)ccc1C(=O)OC. The molecule has 10 nitrogen and oxygen atoms in total. The Morgan fingerprint density at radius 1 is 0.842 bits per heavy atom. The van der Waals surface area contributed by atoms with Gasteiger partial charge in [-0.3, -0.25) is 14.3 Å². The minimum Gasteiger partial charge on any atom is -0.468 e. The van der Waals surface area contributed by atoms with Crippen molar-refractivity contribution in [1.29, 1.82) is 0 Å². The molecule has 0 unspecified atom stereocenters. The Bertz CT molecular complexity index is 1420. The van der Waals surface area contributed by atoms with Crippen LogP contribution in [0.3, 0.4) is 0 Å². The van der Waals surface area contributed by atoms with Gasteiger partial charge in [0, 0.05) is 0 Å². The number of nitrogens with one attached hydrogen (secondary N) is 2. The van der Waals surface area contributed by atoms with Crippen LogP contribution in [-0.2, 0) is 41.3 Å². The topological polar surface area (TPSA) is 137 Å². The van der Waals surface area contributed by atoms with Gasteiger partial charge in [-0.2, -0.15) is 0 Å². The standard InChI is InChI=1S/C27H28N2O8S/c1-18-9-12-24(19(13-18)15-25(30)28-16-26(31)35-2)29-38(33,34)17-20-14-22(10-11-23(20)27(32)36-3)37-21-7-5-4-6-8-21/h4-14,29H,15-17H2,1-3H3,(H,28,30). The molecule has 0 spiro atoms. The molecule has 0 aliphatic carbocycles. The highest BCUT2D eigenvalue weighted by Crippen LogP contribution is 2.27. The number of aryl methyl sites for hydroxylation is 1. The molecule has 11 heteroatoms. The summed E-state index contributed by atoms with van der Waals surface area (Å²) in [4.78, 5) is 36.0. The van der Waals surface area contributed by atoms with Crippen molar-refractivity contribution in [2.24, 2.45) is 0 Å². The van der Waals surface area contributed by atoms with Crippen LogP contribution in [0.2, 0.25) is 0 Å². The van der Waals surface area contributed by atoms with Crippen molar-refractivity contribution in [3.8, 4) is 11.5 Å². The van der Waals surface area contributed by atoms with E-state index < -0.39 is 33.6 Å². The first-order chi connectivity index (χ1) is 18.1. The van der Waals surface area contributed by atoms with Crippen LogP contribution in [0.4, 0.5) is 5.69 Å². The number of hydrogen-bond donors (Lipinski definition) is 2. The van der Waals surface area contributed by atoms with Crippen molar-refractivity contribution in [3.63, 3.8) is 0 Å². The fourth-order valence-electron chi connectivity index (χ4n) is 3.54. The van der Waals surface area contributed by atoms with Gasteiger partial charge in [0.2, 0.25) is 15.9 Å². The second-order valence-electron chi connectivity index (χ2n) is 8.28. The molecule has 0 heterocycles. The van der Waals surface area contributed by atoms with Gasteiger partial charge < -0.3 is 19.5 Å². The Morgan fingerprint density at radius 3 is 2.26 bits per heavy atom. The van der Waals surface area contributed by atoms with Crippen LogP contribution in [0.5, 0.6) is 11.5 Å². The predicted molar refractivity (Wildman–Crippen MR) is 140 cm³/mol. The highest BCUT2D eigenvalue weighted by molar-refractivity contribution is 7.91. The Kier molecular flexibility index (Phi) is 9.44. The number of anilines is 1. The van der Waals surface area contributed by atoms with Gasteiger partial charge in [-0.15, -0.1) is 0 Å². The molecule has 3 rings (SSSR count). The van der Waals surface area contributed by atoms with Crippen molar-refractivity contribution in [1.82, 2.24) is 5.32 Å². The summed E-state index contributed by atoms with van der Waals surface area (Å²) in [5.74, 6) is -1.47. The summed E-state index contributed by atoms with van der Waals surface area (Å²) < 4.78 is 44.1. The van der Waals surface area contributed by atoms with Crippen LogP contribution in [0, 0.1) is 6.92 Å². The third kappa shape index (κ3) is 8.07. The third-order valence-electron chi connectivity index (χ3n) is 5.34. The molecule has 0 aliphatic rings. The largest absolute Gasteiger partial charge is 0.468 e. The average Bonchev–Trinajstić information content (AvgIpc) is 2.89. The quantitative estimate of drug-likeness (QED) is 0.353. The summed E-state index contributed by atoms with van der Waals surface area (Å²) in [5.41, 5.74) is 1.65. The molecule has 3 aromatic carbocycles. The normalized spacial score (nSPS) is 10.8. The zero-order chi connectivity index (χ0) is 27.7. The number of carbonyl (C=O) groups is 3. The van der Waals surface area contributed by atoms with E-state index in [9.17, 15) is 22.8 Å². The van der Waals surface area contributed by atoms with E-state index in [4.69, 9.17) is 9.47 Å². The van der Waals surface area contributed by atoms with E-state index in [-0.39, 0.29) is 29.8 Å². The van der Waals surface area contributed by atoms with Crippen LogP contribution in [0.25, 0.3) is 0 Å². The van der Waals surface area contributed by atoms with Gasteiger partial charge in [0.25, 0.3) is 0 Å². The lowest BCUT2D eigenvalue weighted by Crippen LogP contribution is -2.31. The Hall–Kier alpha value is -4.38. The lowest BCUT2D eigenvalue weighted by Gasteiger charge is -2.15. The van der Waals surface area contributed by atoms with Gasteiger partial charge in [-0.1, -0.05) is 35.9 Å². The Balaban J connectivity index is 1.85. The number of para-hydroxylation sites is 1. The Labute approximate surface area is 221 Å². The van der Waals surface area contributed by atoms with E-state index in [1.54, 1.807) is 55.5 Å². The molecule has 38 heavy (non-hydrogen) atoms. The number of esters is 2. The molecule has 3 aromatic rings. The van der Waals surface area contributed by atoms with Crippen LogP contribution in [0.15, 0.2) is 66.7 Å². The molecule has 0 atom stereocenters. The zero-order valence-corrected chi connectivity index (χ0v) is 22.0. The average molecular weight is 541 g/mol. The molecule has 0 radical (unpaired) electrons. The molecule has 0 aliphatic heterocycles. The zero-order valence-electron chi connectivity index (χ0n) is 21.1. The molecular formula is C27H28N2O8S. The number of methoxy groups -OCH3 is 2. The van der Waals surface area contributed by atoms with E-state index in [0.717, 1.165) is 5.56 Å². The third-order valence-corrected chi connectivity index (χ3v) is 6.56. The second-order valence-corrected chi connectivity index (χ2v) is 10.00. The van der Waals surface area contributed by atoms with Crippen LogP contribution >= 0.6 is 0 Å². The molecule has 0 fully saturated rings. The van der Waals surface area contributed by atoms with Crippen LogP contribution in [-0.4, -0.2) is 47.0 Å². The van der Waals surface area contributed by atoms with Crippen molar-refractivity contribution in [3.05, 3.63) is 89.0 Å². The monoisotopic (exact) mass is 540 g/mol. The summed E-state index contributed by atoms with van der Waals surface area (Å²) in [6, 6.07) is 18.3. The first-order valence-electron chi connectivity index (χ1n) is 11.5. The molecular weight excluding hydrogens is 512 g/mol. The number of carbonyl (C=O) groups excluding carboxylic acids is 3. The summed E-state index contributed by atoms with van der Waals surface area (Å²) in [7, 11) is -1.65. The summed E-state index contributed by atoms with van der Waals surface area (Å²) >= 11 is 0. The lowest BCUT2D eigenvalue weighted by molar-refractivity contribution is -0.141. The van der Waals surface area contributed by atoms with E-state index in [2.05, 4.69) is 14.8 Å². The molecule has 0 saturated carbocycles. The second kappa shape index (κ2) is 12.7. The number of rotatable bonds is 11. The fraction of sp³-hybridized carbons (Fsp3) is 0.222. The number of ether oxygens (including phenoxy) is 3. The molecule has 2 N–H and O–H groups in total. The maximum atomic E-state index is 13.2. The Morgan fingerprint density at radius 2 is 1.58 bits per heavy atom. The number of amides is 1. The maximum Gasteiger partial charge on any atom is 0.338 e. The summed E-state index contributed by atoms with van der Waals surface area (Å²) in [5, 5.41) is 2.43. The minimum absolute atomic E-state index is 0.0737. The first-order valence-corrected chi connectivity index (χ1v) is 13.1. The molecule has 0 aromatic heterocycles. The van der Waals surface area contributed by atoms with E-state index in [1.807, 2.05) is 6.07 Å². The van der Waals surface area contributed by atoms with Gasteiger partial charge in [0.15, 0.2) is 0 Å². The van der Waals surface area contributed by atoms with Gasteiger partial charge in [0.05, 0.1) is 37.6 Å². The van der Waals surface area contributed by atoms with Gasteiger partial charge in [-0.05, 0) is 54.4 Å². The summed E-state index contributed by atoms with van der Waals surface area (Å²) in [6.07, 6.45) is -0.176. The smallest absolute Gasteiger partial charge is 0.338 e. The van der Waals surface area contributed by atoms with Crippen molar-refractivity contribution < 1.29 is 37.0 Å². The molecule has 0 saturated heterocycles. The van der Waals surface area contributed by atoms with Crippen LogP contribution in [0.1, 0.15) is 27.0 Å². The summed E-state index contributed by atoms with van der Waals surface area (Å²) in [6.45, 7) is 1.49. The van der Waals surface area contributed by atoms with Crippen molar-refractivity contribution in [2.75, 3.05) is 25.5 Å². The highest BCUT2D eigenvalue weighted by atomic mass is 32.2. The predicted octanol–water partition coefficient (Wildman–Crippen LogP) is 3.35. The van der Waals surface area contributed by atoms with E-state index >= 15 is 0 Å². The number of hydrogen-bond acceptors (Lipinski definition) is 8. The van der Waals surface area contributed by atoms with E-state index in [0.29, 0.717) is 17.1 Å².